The van der Waals surface area contributed by atoms with Crippen molar-refractivity contribution in [3.05, 3.63) is 69.8 Å². The number of carbonyl (C=O) groups excluding carboxylic acids is 1. The van der Waals surface area contributed by atoms with Crippen molar-refractivity contribution in [3.63, 3.8) is 0 Å². The number of carbonyl (C=O) groups is 2. The lowest BCUT2D eigenvalue weighted by Gasteiger charge is -2.41. The van der Waals surface area contributed by atoms with Crippen molar-refractivity contribution in [3.8, 4) is 34.5 Å². The predicted molar refractivity (Wildman–Crippen MR) is 228 cm³/mol. The Morgan fingerprint density at radius 2 is 1.73 bits per heavy atom. The van der Waals surface area contributed by atoms with Crippen LogP contribution >= 0.6 is 0 Å². The fourth-order valence-electron chi connectivity index (χ4n) is 9.50. The molecule has 0 bridgehead atoms. The van der Waals surface area contributed by atoms with Gasteiger partial charge in [-0.05, 0) is 73.2 Å². The van der Waals surface area contributed by atoms with Gasteiger partial charge in [-0.3, -0.25) is 9.59 Å². The second-order valence-corrected chi connectivity index (χ2v) is 18.0. The van der Waals surface area contributed by atoms with E-state index in [1.165, 1.54) is 19.3 Å². The summed E-state index contributed by atoms with van der Waals surface area (Å²) in [5.41, 5.74) is 11.3. The molecule has 0 amide bonds. The van der Waals surface area contributed by atoms with E-state index in [0.717, 1.165) is 47.3 Å². The van der Waals surface area contributed by atoms with E-state index in [0.29, 0.717) is 66.2 Å². The molecule has 1 saturated carbocycles. The van der Waals surface area contributed by atoms with Crippen LogP contribution in [0.15, 0.2) is 36.4 Å². The van der Waals surface area contributed by atoms with Crippen molar-refractivity contribution < 1.29 is 72.9 Å². The zero-order valence-corrected chi connectivity index (χ0v) is 36.5. The molecule has 4 aliphatic heterocycles. The topological polar surface area (TPSA) is 236 Å². The first-order chi connectivity index (χ1) is 30.8. The maximum Gasteiger partial charge on any atom is 0.317 e. The number of carboxylic acid groups (broad SMARTS) is 1. The van der Waals surface area contributed by atoms with E-state index >= 15 is 0 Å². The molecule has 1 saturated heterocycles. The van der Waals surface area contributed by atoms with Crippen molar-refractivity contribution in [2.24, 2.45) is 17.6 Å². The Kier molecular flexibility index (Phi) is 14.3. The lowest BCUT2D eigenvalue weighted by atomic mass is 9.84. The van der Waals surface area contributed by atoms with E-state index in [1.807, 2.05) is 18.2 Å². The summed E-state index contributed by atoms with van der Waals surface area (Å²) in [7, 11) is 1.73. The van der Waals surface area contributed by atoms with Gasteiger partial charge in [0.25, 0.3) is 0 Å². The van der Waals surface area contributed by atoms with Gasteiger partial charge in [0.05, 0.1) is 19.1 Å². The first kappa shape index (κ1) is 45.7. The minimum atomic E-state index is -1.71. The van der Waals surface area contributed by atoms with Crippen LogP contribution in [0, 0.1) is 11.8 Å². The quantitative estimate of drug-likeness (QED) is 0.0451. The van der Waals surface area contributed by atoms with Crippen molar-refractivity contribution in [2.45, 2.75) is 120 Å². The molecule has 348 valence electrons. The van der Waals surface area contributed by atoms with E-state index in [4.69, 9.17) is 53.8 Å². The monoisotopic (exact) mass is 892 g/mol. The molecule has 7 N–H and O–H groups in total. The normalized spacial score (nSPS) is 25.1. The average Bonchev–Trinajstić information content (AvgIpc) is 3.88. The van der Waals surface area contributed by atoms with Gasteiger partial charge in [-0.25, -0.2) is 0 Å². The number of benzene rings is 3. The first-order valence-electron chi connectivity index (χ1n) is 22.3. The standard InChI is InChI=1S/C47H60N2O15/c1-24(2)9-33-43-31(16-37-45(33)60-23-59-37)34-21-56-36-15-28(12-27-11-26(13-30(50)14-27)10-25-7-5-4-6-8-25)35(17-32(36)44(34)62-43)63-64-46-42(55)41(54)38(22-57-40(53)18-39(51)52)61-47(46)58-20-29(48)19-49-3/h11,13-17,24-25,29,34,38,41-42,44,46-47,49-50,54-55H,4-10,12,18-23,48H2,1-3H3,(H,51,52). The van der Waals surface area contributed by atoms with Crippen molar-refractivity contribution in [2.75, 3.05) is 40.2 Å². The molecule has 3 aromatic carbocycles. The summed E-state index contributed by atoms with van der Waals surface area (Å²) < 4.78 is 42.2. The highest BCUT2D eigenvalue weighted by Crippen LogP contribution is 2.57. The van der Waals surface area contributed by atoms with Crippen LogP contribution in [0.3, 0.4) is 0 Å². The van der Waals surface area contributed by atoms with Gasteiger partial charge in [0.15, 0.2) is 29.6 Å². The predicted octanol–water partition coefficient (Wildman–Crippen LogP) is 4.35. The third-order valence-corrected chi connectivity index (χ3v) is 12.5. The van der Waals surface area contributed by atoms with Gasteiger partial charge in [0, 0.05) is 41.3 Å². The number of likely N-dealkylation sites (N-methyl/N-ethyl adjacent to an activating group) is 1. The molecule has 2 fully saturated rings. The fraction of sp³-hybridized carbons (Fsp3) is 0.574. The number of rotatable bonds is 18. The van der Waals surface area contributed by atoms with Crippen molar-refractivity contribution >= 4 is 11.9 Å². The van der Waals surface area contributed by atoms with Gasteiger partial charge in [-0.2, -0.15) is 4.89 Å². The lowest BCUT2D eigenvalue weighted by molar-refractivity contribution is -0.373. The van der Waals surface area contributed by atoms with Gasteiger partial charge >= 0.3 is 11.9 Å². The number of aliphatic hydroxyl groups is 2. The van der Waals surface area contributed by atoms with E-state index in [-0.39, 0.29) is 30.8 Å². The van der Waals surface area contributed by atoms with Crippen LogP contribution in [-0.2, 0) is 47.9 Å². The molecular weight excluding hydrogens is 833 g/mol. The number of hydrogen-bond acceptors (Lipinski definition) is 16. The number of aliphatic hydroxyl groups excluding tert-OH is 2. The Hall–Kier alpha value is -4.88. The molecular formula is C47H60N2O15. The van der Waals surface area contributed by atoms with Gasteiger partial charge in [-0.1, -0.05) is 52.0 Å². The molecule has 8 rings (SSSR count). The number of aromatic hydroxyl groups is 1. The van der Waals surface area contributed by atoms with Crippen LogP contribution < -0.4 is 34.9 Å². The third-order valence-electron chi connectivity index (χ3n) is 12.5. The number of ether oxygens (including phenoxy) is 7. The SMILES string of the molecule is CNCC(N)COC1OC(COC(=O)CC(=O)O)C(O)C(O)C1OOc1cc2c(cc1Cc1cc(O)cc(CC3CCCCC3)c1)OCC1c3cc4c(c(CC(C)C)c3OC21)OCO4. The number of phenolic OH excluding ortho intramolecular Hbond substituents is 1. The fourth-order valence-corrected chi connectivity index (χ4v) is 9.50. The molecule has 64 heavy (non-hydrogen) atoms. The largest absolute Gasteiger partial charge is 0.508 e. The second-order valence-electron chi connectivity index (χ2n) is 18.0. The van der Waals surface area contributed by atoms with Crippen LogP contribution in [0.5, 0.6) is 34.5 Å². The molecule has 8 unspecified atom stereocenters. The summed E-state index contributed by atoms with van der Waals surface area (Å²) in [4.78, 5) is 35.3. The van der Waals surface area contributed by atoms with E-state index in [2.05, 4.69) is 25.2 Å². The van der Waals surface area contributed by atoms with Gasteiger partial charge in [0.2, 0.25) is 6.79 Å². The summed E-state index contributed by atoms with van der Waals surface area (Å²) in [6.45, 7) is 4.47. The molecule has 17 heteroatoms. The Morgan fingerprint density at radius 3 is 2.50 bits per heavy atom. The third kappa shape index (κ3) is 10.3. The zero-order chi connectivity index (χ0) is 45.1. The summed E-state index contributed by atoms with van der Waals surface area (Å²) in [5.74, 6) is 1.31. The molecule has 17 nitrogen and oxygen atoms in total. The highest BCUT2D eigenvalue weighted by Gasteiger charge is 2.49. The molecule has 5 aliphatic rings. The number of nitrogens with one attached hydrogen (secondary N) is 1. The number of phenols is 1. The number of carboxylic acids is 1. The molecule has 8 atom stereocenters. The Balaban J connectivity index is 1.11. The summed E-state index contributed by atoms with van der Waals surface area (Å²) in [5, 5.41) is 45.6. The maximum atomic E-state index is 12.1. The van der Waals surface area contributed by atoms with Crippen LogP contribution in [-0.4, -0.2) is 109 Å². The van der Waals surface area contributed by atoms with Crippen LogP contribution in [0.2, 0.25) is 0 Å². The Morgan fingerprint density at radius 1 is 0.938 bits per heavy atom. The van der Waals surface area contributed by atoms with Crippen LogP contribution in [0.1, 0.15) is 97.8 Å². The molecule has 0 aromatic heterocycles. The maximum absolute atomic E-state index is 12.1. The molecule has 0 radical (unpaired) electrons. The number of aliphatic carboxylic acids is 1. The van der Waals surface area contributed by atoms with Crippen LogP contribution in [0.4, 0.5) is 0 Å². The van der Waals surface area contributed by atoms with E-state index < -0.39 is 67.8 Å². The van der Waals surface area contributed by atoms with E-state index in [1.54, 1.807) is 19.2 Å². The lowest BCUT2D eigenvalue weighted by Crippen LogP contribution is -2.61. The highest BCUT2D eigenvalue weighted by molar-refractivity contribution is 5.90. The molecule has 4 heterocycles. The minimum Gasteiger partial charge on any atom is -0.508 e. The summed E-state index contributed by atoms with van der Waals surface area (Å²) in [6, 6.07) is 10.8. The van der Waals surface area contributed by atoms with Gasteiger partial charge in [-0.15, -0.1) is 0 Å². The Labute approximate surface area is 371 Å². The van der Waals surface area contributed by atoms with Crippen LogP contribution in [0.25, 0.3) is 0 Å². The summed E-state index contributed by atoms with van der Waals surface area (Å²) in [6.07, 6.45) is -1.09. The van der Waals surface area contributed by atoms with Gasteiger partial charge in [0.1, 0.15) is 54.7 Å². The number of esters is 1. The van der Waals surface area contributed by atoms with Gasteiger partial charge < -0.3 is 69.5 Å². The first-order valence-corrected chi connectivity index (χ1v) is 22.3. The zero-order valence-electron chi connectivity index (χ0n) is 36.5. The second kappa shape index (κ2) is 20.1. The van der Waals surface area contributed by atoms with E-state index in [9.17, 15) is 24.9 Å². The Bertz CT molecular complexity index is 2140. The number of hydrogen-bond donors (Lipinski definition) is 6. The molecule has 3 aromatic rings. The average molecular weight is 893 g/mol. The number of nitrogens with two attached hydrogens (primary N) is 1. The number of fused-ring (bicyclic) bond motifs is 6. The molecule has 1 aliphatic carbocycles. The molecule has 0 spiro atoms. The highest BCUT2D eigenvalue weighted by atomic mass is 17.2. The van der Waals surface area contributed by atoms with Crippen molar-refractivity contribution in [1.82, 2.24) is 5.32 Å². The smallest absolute Gasteiger partial charge is 0.317 e. The van der Waals surface area contributed by atoms with Crippen molar-refractivity contribution in [1.29, 1.82) is 0 Å². The summed E-state index contributed by atoms with van der Waals surface area (Å²) >= 11 is 0. The minimum absolute atomic E-state index is 0.0684.